The van der Waals surface area contributed by atoms with Gasteiger partial charge in [-0.3, -0.25) is 4.68 Å². The molecule has 0 bridgehead atoms. The molecule has 1 N–H and O–H groups in total. The highest BCUT2D eigenvalue weighted by atomic mass is 19.2. The zero-order chi connectivity index (χ0) is 13.1. The second kappa shape index (κ2) is 4.98. The van der Waals surface area contributed by atoms with Crippen molar-refractivity contribution in [3.63, 3.8) is 0 Å². The summed E-state index contributed by atoms with van der Waals surface area (Å²) in [6.45, 7) is 0.241. The van der Waals surface area contributed by atoms with Crippen LogP contribution in [0.5, 0.6) is 0 Å². The zero-order valence-electron chi connectivity index (χ0n) is 8.87. The molecule has 96 valence electrons. The summed E-state index contributed by atoms with van der Waals surface area (Å²) in [5.41, 5.74) is -0.889. The molecule has 0 unspecified atom stereocenters. The van der Waals surface area contributed by atoms with E-state index in [0.717, 1.165) is 0 Å². The van der Waals surface area contributed by atoms with Crippen LogP contribution in [0, 0.1) is 23.5 Å². The van der Waals surface area contributed by atoms with Crippen molar-refractivity contribution in [2.24, 2.45) is 0 Å². The van der Waals surface area contributed by atoms with E-state index in [-0.39, 0.29) is 13.1 Å². The van der Waals surface area contributed by atoms with E-state index in [9.17, 15) is 17.6 Å². The Labute approximate surface area is 98.4 Å². The molecule has 0 aliphatic heterocycles. The third-order valence-electron chi connectivity index (χ3n) is 2.11. The van der Waals surface area contributed by atoms with E-state index in [1.807, 2.05) is 0 Å². The van der Waals surface area contributed by atoms with Crippen molar-refractivity contribution in [1.82, 2.24) is 20.0 Å². The van der Waals surface area contributed by atoms with Gasteiger partial charge >= 0.3 is 0 Å². The third kappa shape index (κ3) is 2.39. The monoisotopic (exact) mass is 261 g/mol. The van der Waals surface area contributed by atoms with Crippen molar-refractivity contribution in [3.05, 3.63) is 35.9 Å². The predicted molar refractivity (Wildman–Crippen MR) is 52.6 cm³/mol. The molecule has 2 heterocycles. The molecule has 2 aromatic rings. The van der Waals surface area contributed by atoms with E-state index in [1.54, 1.807) is 0 Å². The first-order valence-electron chi connectivity index (χ1n) is 4.87. The number of halogens is 4. The normalized spacial score (nSPS) is 10.7. The van der Waals surface area contributed by atoms with Gasteiger partial charge in [0, 0.05) is 12.7 Å². The van der Waals surface area contributed by atoms with Crippen molar-refractivity contribution in [2.45, 2.75) is 6.54 Å². The van der Waals surface area contributed by atoms with E-state index in [2.05, 4.69) is 20.6 Å². The molecule has 0 aromatic carbocycles. The second-order valence-electron chi connectivity index (χ2n) is 3.29. The highest BCUT2D eigenvalue weighted by Crippen LogP contribution is 2.21. The van der Waals surface area contributed by atoms with Crippen LogP contribution in [0.4, 0.5) is 23.2 Å². The summed E-state index contributed by atoms with van der Waals surface area (Å²) in [6, 6.07) is 0. The first kappa shape index (κ1) is 12.3. The Morgan fingerprint density at radius 1 is 1.11 bits per heavy atom. The Morgan fingerprint density at radius 3 is 2.33 bits per heavy atom. The molecule has 0 fully saturated rings. The van der Waals surface area contributed by atoms with Gasteiger partial charge in [-0.2, -0.15) is 22.5 Å². The maximum Gasteiger partial charge on any atom is 0.253 e. The van der Waals surface area contributed by atoms with Gasteiger partial charge in [-0.15, -0.1) is 5.10 Å². The van der Waals surface area contributed by atoms with Gasteiger partial charge < -0.3 is 5.32 Å². The lowest BCUT2D eigenvalue weighted by Crippen LogP contribution is -2.15. The molecule has 0 atom stereocenters. The predicted octanol–water partition coefficient (Wildman–Crippen LogP) is 1.34. The second-order valence-corrected chi connectivity index (χ2v) is 3.29. The molecule has 0 saturated carbocycles. The van der Waals surface area contributed by atoms with Crippen LogP contribution in [-0.2, 0) is 6.54 Å². The Kier molecular flexibility index (Phi) is 3.40. The summed E-state index contributed by atoms with van der Waals surface area (Å²) in [7, 11) is 0. The largest absolute Gasteiger partial charge is 0.378 e. The molecule has 0 aliphatic carbocycles. The van der Waals surface area contributed by atoms with Crippen LogP contribution in [0.25, 0.3) is 0 Å². The number of nitrogens with one attached hydrogen (secondary N) is 1. The standard InChI is InChI=1S/C9H7F4N5/c10-5-7(6(11)9(13)16-8(5)12)14-1-3-18-4-2-15-17-18/h2,4H,1,3H2,(H,14,16). The fourth-order valence-corrected chi connectivity index (χ4v) is 1.29. The SMILES string of the molecule is Fc1nc(F)c(F)c(NCCn2ccnn2)c1F. The fraction of sp³-hybridized carbons (Fsp3) is 0.222. The van der Waals surface area contributed by atoms with Gasteiger partial charge in [-0.05, 0) is 0 Å². The third-order valence-corrected chi connectivity index (χ3v) is 2.11. The number of hydrogen-bond donors (Lipinski definition) is 1. The topological polar surface area (TPSA) is 55.6 Å². The number of hydrogen-bond acceptors (Lipinski definition) is 4. The lowest BCUT2D eigenvalue weighted by molar-refractivity contribution is 0.410. The molecule has 5 nitrogen and oxygen atoms in total. The van der Waals surface area contributed by atoms with E-state index in [4.69, 9.17) is 0 Å². The molecule has 2 aromatic heterocycles. The first-order valence-corrected chi connectivity index (χ1v) is 4.87. The van der Waals surface area contributed by atoms with Crippen LogP contribution in [-0.4, -0.2) is 26.5 Å². The van der Waals surface area contributed by atoms with Gasteiger partial charge in [0.15, 0.2) is 0 Å². The minimum atomic E-state index is -1.70. The molecule has 2 rings (SSSR count). The van der Waals surface area contributed by atoms with Crippen LogP contribution >= 0.6 is 0 Å². The van der Waals surface area contributed by atoms with Crippen LogP contribution in [0.1, 0.15) is 0 Å². The Balaban J connectivity index is 2.09. The minimum Gasteiger partial charge on any atom is -0.378 e. The van der Waals surface area contributed by atoms with Crippen LogP contribution in [0.15, 0.2) is 12.4 Å². The number of nitrogens with zero attached hydrogens (tertiary/aromatic N) is 4. The summed E-state index contributed by atoms with van der Waals surface area (Å²) in [4.78, 5) is 2.44. The number of pyridine rings is 1. The van der Waals surface area contributed by atoms with Crippen LogP contribution in [0.3, 0.4) is 0 Å². The van der Waals surface area contributed by atoms with Crippen molar-refractivity contribution in [2.75, 3.05) is 11.9 Å². The molecule has 0 saturated heterocycles. The van der Waals surface area contributed by atoms with Crippen molar-refractivity contribution < 1.29 is 17.6 Å². The van der Waals surface area contributed by atoms with Gasteiger partial charge in [0.05, 0.1) is 12.7 Å². The smallest absolute Gasteiger partial charge is 0.253 e. The van der Waals surface area contributed by atoms with E-state index >= 15 is 0 Å². The maximum atomic E-state index is 13.2. The average Bonchev–Trinajstić information content (AvgIpc) is 2.84. The highest BCUT2D eigenvalue weighted by molar-refractivity contribution is 5.45. The van der Waals surface area contributed by atoms with Crippen molar-refractivity contribution in [3.8, 4) is 0 Å². The summed E-state index contributed by atoms with van der Waals surface area (Å²) >= 11 is 0. The van der Waals surface area contributed by atoms with Crippen molar-refractivity contribution in [1.29, 1.82) is 0 Å². The van der Waals surface area contributed by atoms with Gasteiger partial charge in [0.25, 0.3) is 11.9 Å². The molecule has 0 spiro atoms. The highest BCUT2D eigenvalue weighted by Gasteiger charge is 2.20. The van der Waals surface area contributed by atoms with Crippen LogP contribution < -0.4 is 5.32 Å². The van der Waals surface area contributed by atoms with Crippen molar-refractivity contribution >= 4 is 5.69 Å². The Hall–Kier alpha value is -2.19. The van der Waals surface area contributed by atoms with Gasteiger partial charge in [0.2, 0.25) is 11.6 Å². The van der Waals surface area contributed by atoms with Crippen LogP contribution in [0.2, 0.25) is 0 Å². The van der Waals surface area contributed by atoms with E-state index < -0.39 is 29.2 Å². The summed E-state index contributed by atoms with van der Waals surface area (Å²) < 4.78 is 53.2. The maximum absolute atomic E-state index is 13.2. The van der Waals surface area contributed by atoms with E-state index in [0.29, 0.717) is 0 Å². The molecule has 0 amide bonds. The Bertz CT molecular complexity index is 516. The quantitative estimate of drug-likeness (QED) is 0.666. The summed E-state index contributed by atoms with van der Waals surface area (Å²) in [5.74, 6) is -6.52. The lowest BCUT2D eigenvalue weighted by Gasteiger charge is -2.08. The van der Waals surface area contributed by atoms with Gasteiger partial charge in [-0.1, -0.05) is 5.21 Å². The zero-order valence-corrected chi connectivity index (χ0v) is 8.87. The average molecular weight is 261 g/mol. The lowest BCUT2D eigenvalue weighted by atomic mass is 10.3. The Morgan fingerprint density at radius 2 is 1.78 bits per heavy atom. The first-order chi connectivity index (χ1) is 8.59. The molecule has 18 heavy (non-hydrogen) atoms. The molecule has 0 aliphatic rings. The molecular weight excluding hydrogens is 254 g/mol. The minimum absolute atomic E-state index is 0.0140. The molecule has 0 radical (unpaired) electrons. The van der Waals surface area contributed by atoms with E-state index in [1.165, 1.54) is 17.1 Å². The summed E-state index contributed by atoms with van der Waals surface area (Å²) in [5, 5.41) is 9.37. The van der Waals surface area contributed by atoms with Gasteiger partial charge in [-0.25, -0.2) is 0 Å². The molecular formula is C9H7F4N5. The number of rotatable bonds is 4. The summed E-state index contributed by atoms with van der Waals surface area (Å²) in [6.07, 6.45) is 2.95. The fourth-order valence-electron chi connectivity index (χ4n) is 1.29. The number of anilines is 1. The van der Waals surface area contributed by atoms with Gasteiger partial charge in [0.1, 0.15) is 5.69 Å². The number of aromatic nitrogens is 4. The molecule has 9 heteroatoms.